The minimum atomic E-state index is -0.381. The summed E-state index contributed by atoms with van der Waals surface area (Å²) in [5.41, 5.74) is -0.381. The van der Waals surface area contributed by atoms with Crippen LogP contribution in [0.5, 0.6) is 0 Å². The standard InChI is InChI=1S/C20H32O5/c21-17-11-20(12-17,13-24-18(22)15-7-3-1-4-8-15)14-25-19(23)16-9-5-2-6-10-16/h15-17,21H,1-14H2. The van der Waals surface area contributed by atoms with Gasteiger partial charge in [0.1, 0.15) is 13.2 Å². The lowest BCUT2D eigenvalue weighted by atomic mass is 9.68. The van der Waals surface area contributed by atoms with Gasteiger partial charge in [-0.15, -0.1) is 0 Å². The summed E-state index contributed by atoms with van der Waals surface area (Å²) >= 11 is 0. The number of aliphatic hydroxyl groups is 1. The molecule has 1 N–H and O–H groups in total. The van der Waals surface area contributed by atoms with Gasteiger partial charge in [0.25, 0.3) is 0 Å². The van der Waals surface area contributed by atoms with Gasteiger partial charge >= 0.3 is 11.9 Å². The monoisotopic (exact) mass is 352 g/mol. The molecule has 0 spiro atoms. The van der Waals surface area contributed by atoms with E-state index in [9.17, 15) is 14.7 Å². The molecule has 0 atom stereocenters. The first-order valence-electron chi connectivity index (χ1n) is 10.1. The van der Waals surface area contributed by atoms with Gasteiger partial charge in [0.2, 0.25) is 0 Å². The molecule has 3 aliphatic rings. The second-order valence-corrected chi connectivity index (χ2v) is 8.45. The van der Waals surface area contributed by atoms with Crippen LogP contribution in [0.15, 0.2) is 0 Å². The Morgan fingerprint density at radius 3 is 1.52 bits per heavy atom. The first-order chi connectivity index (χ1) is 12.1. The van der Waals surface area contributed by atoms with Gasteiger partial charge < -0.3 is 14.6 Å². The minimum Gasteiger partial charge on any atom is -0.465 e. The van der Waals surface area contributed by atoms with E-state index in [1.807, 2.05) is 0 Å². The van der Waals surface area contributed by atoms with Crippen molar-refractivity contribution in [2.24, 2.45) is 17.3 Å². The van der Waals surface area contributed by atoms with Crippen LogP contribution in [0.25, 0.3) is 0 Å². The van der Waals surface area contributed by atoms with Gasteiger partial charge in [-0.1, -0.05) is 38.5 Å². The molecule has 0 unspecified atom stereocenters. The van der Waals surface area contributed by atoms with Crippen molar-refractivity contribution in [3.8, 4) is 0 Å². The molecule has 0 bridgehead atoms. The van der Waals surface area contributed by atoms with Crippen LogP contribution in [-0.4, -0.2) is 36.4 Å². The highest BCUT2D eigenvalue weighted by atomic mass is 16.5. The molecule has 0 aromatic carbocycles. The van der Waals surface area contributed by atoms with E-state index >= 15 is 0 Å². The number of ether oxygens (including phenoxy) is 2. The van der Waals surface area contributed by atoms with E-state index in [0.29, 0.717) is 12.8 Å². The van der Waals surface area contributed by atoms with E-state index in [4.69, 9.17) is 9.47 Å². The fraction of sp³-hybridized carbons (Fsp3) is 0.900. The third-order valence-electron chi connectivity index (χ3n) is 6.26. The Kier molecular flexibility index (Phi) is 6.37. The summed E-state index contributed by atoms with van der Waals surface area (Å²) in [5, 5.41) is 9.73. The summed E-state index contributed by atoms with van der Waals surface area (Å²) in [6, 6.07) is 0. The van der Waals surface area contributed by atoms with Crippen molar-refractivity contribution >= 4 is 11.9 Å². The molecule has 25 heavy (non-hydrogen) atoms. The Balaban J connectivity index is 1.45. The molecule has 0 saturated heterocycles. The molecule has 0 radical (unpaired) electrons. The van der Waals surface area contributed by atoms with E-state index in [0.717, 1.165) is 51.4 Å². The number of aliphatic hydroxyl groups excluding tert-OH is 1. The van der Waals surface area contributed by atoms with Crippen LogP contribution in [-0.2, 0) is 19.1 Å². The molecule has 3 fully saturated rings. The van der Waals surface area contributed by atoms with Crippen LogP contribution < -0.4 is 0 Å². The lowest BCUT2D eigenvalue weighted by molar-refractivity contribution is -0.173. The molecule has 3 aliphatic carbocycles. The van der Waals surface area contributed by atoms with Crippen LogP contribution in [0, 0.1) is 17.3 Å². The molecule has 0 heterocycles. The molecular formula is C20H32O5. The van der Waals surface area contributed by atoms with Crippen LogP contribution in [0.4, 0.5) is 0 Å². The van der Waals surface area contributed by atoms with Gasteiger partial charge in [-0.05, 0) is 38.5 Å². The van der Waals surface area contributed by atoms with Crippen LogP contribution in [0.2, 0.25) is 0 Å². The van der Waals surface area contributed by atoms with Crippen molar-refractivity contribution in [1.29, 1.82) is 0 Å². The van der Waals surface area contributed by atoms with Gasteiger partial charge in [0.15, 0.2) is 0 Å². The smallest absolute Gasteiger partial charge is 0.308 e. The average molecular weight is 352 g/mol. The highest BCUT2D eigenvalue weighted by Crippen LogP contribution is 2.42. The highest BCUT2D eigenvalue weighted by molar-refractivity contribution is 5.73. The largest absolute Gasteiger partial charge is 0.465 e. The summed E-state index contributed by atoms with van der Waals surface area (Å²) in [7, 11) is 0. The Morgan fingerprint density at radius 1 is 0.760 bits per heavy atom. The molecule has 5 nitrogen and oxygen atoms in total. The average Bonchev–Trinajstić information content (AvgIpc) is 2.64. The number of carbonyl (C=O) groups excluding carboxylic acids is 2. The summed E-state index contributed by atoms with van der Waals surface area (Å²) in [5.74, 6) is -0.167. The molecule has 5 heteroatoms. The fourth-order valence-electron chi connectivity index (χ4n) is 4.58. The molecule has 142 valence electrons. The predicted octanol–water partition coefficient (Wildman–Crippen LogP) is 3.37. The van der Waals surface area contributed by atoms with Gasteiger partial charge in [-0.3, -0.25) is 9.59 Å². The Hall–Kier alpha value is -1.10. The first kappa shape index (κ1) is 18.7. The summed E-state index contributed by atoms with van der Waals surface area (Å²) in [6.07, 6.45) is 11.2. The van der Waals surface area contributed by atoms with Gasteiger partial charge in [-0.25, -0.2) is 0 Å². The van der Waals surface area contributed by atoms with Crippen LogP contribution >= 0.6 is 0 Å². The molecule has 0 aromatic heterocycles. The zero-order valence-corrected chi connectivity index (χ0v) is 15.2. The fourth-order valence-corrected chi connectivity index (χ4v) is 4.58. The molecular weight excluding hydrogens is 320 g/mol. The number of hydrogen-bond donors (Lipinski definition) is 1. The zero-order chi connectivity index (χ0) is 17.7. The molecule has 0 amide bonds. The van der Waals surface area contributed by atoms with Crippen molar-refractivity contribution in [2.45, 2.75) is 83.2 Å². The van der Waals surface area contributed by atoms with Gasteiger partial charge in [0, 0.05) is 5.41 Å². The van der Waals surface area contributed by atoms with E-state index in [-0.39, 0.29) is 48.5 Å². The van der Waals surface area contributed by atoms with Gasteiger partial charge in [-0.2, -0.15) is 0 Å². The molecule has 0 aliphatic heterocycles. The number of rotatable bonds is 6. The summed E-state index contributed by atoms with van der Waals surface area (Å²) in [4.78, 5) is 24.5. The minimum absolute atomic E-state index is 0.0283. The predicted molar refractivity (Wildman–Crippen MR) is 92.7 cm³/mol. The van der Waals surface area contributed by atoms with E-state index in [1.54, 1.807) is 0 Å². The lowest BCUT2D eigenvalue weighted by Gasteiger charge is -2.44. The zero-order valence-electron chi connectivity index (χ0n) is 15.2. The number of carbonyl (C=O) groups is 2. The van der Waals surface area contributed by atoms with Crippen molar-refractivity contribution in [3.63, 3.8) is 0 Å². The third kappa shape index (κ3) is 4.96. The first-order valence-corrected chi connectivity index (χ1v) is 10.1. The molecule has 3 rings (SSSR count). The second-order valence-electron chi connectivity index (χ2n) is 8.45. The number of esters is 2. The van der Waals surface area contributed by atoms with Crippen molar-refractivity contribution in [3.05, 3.63) is 0 Å². The van der Waals surface area contributed by atoms with Crippen molar-refractivity contribution in [1.82, 2.24) is 0 Å². The van der Waals surface area contributed by atoms with E-state index in [2.05, 4.69) is 0 Å². The third-order valence-corrected chi connectivity index (χ3v) is 6.26. The normalized spacial score (nSPS) is 25.2. The molecule has 3 saturated carbocycles. The van der Waals surface area contributed by atoms with Crippen LogP contribution in [0.1, 0.15) is 77.0 Å². The Morgan fingerprint density at radius 2 is 1.16 bits per heavy atom. The summed E-state index contributed by atoms with van der Waals surface area (Å²) in [6.45, 7) is 0.522. The highest BCUT2D eigenvalue weighted by Gasteiger charge is 2.46. The van der Waals surface area contributed by atoms with Gasteiger partial charge in [0.05, 0.1) is 17.9 Å². The Labute approximate surface area is 150 Å². The van der Waals surface area contributed by atoms with Crippen molar-refractivity contribution in [2.75, 3.05) is 13.2 Å². The maximum absolute atomic E-state index is 12.3. The van der Waals surface area contributed by atoms with Crippen molar-refractivity contribution < 1.29 is 24.2 Å². The SMILES string of the molecule is O=C(OCC1(COC(=O)C2CCCCC2)CC(O)C1)C1CCCCC1. The van der Waals surface area contributed by atoms with Crippen LogP contribution in [0.3, 0.4) is 0 Å². The lowest BCUT2D eigenvalue weighted by Crippen LogP contribution is -2.49. The quantitative estimate of drug-likeness (QED) is 0.742. The topological polar surface area (TPSA) is 72.8 Å². The summed E-state index contributed by atoms with van der Waals surface area (Å²) < 4.78 is 11.1. The van der Waals surface area contributed by atoms with E-state index < -0.39 is 0 Å². The van der Waals surface area contributed by atoms with E-state index in [1.165, 1.54) is 12.8 Å². The second kappa shape index (κ2) is 8.52. The maximum Gasteiger partial charge on any atom is 0.308 e. The molecule has 0 aromatic rings. The Bertz CT molecular complexity index is 421. The maximum atomic E-state index is 12.3. The number of hydrogen-bond acceptors (Lipinski definition) is 5.